The molecule has 0 fully saturated rings. The van der Waals surface area contributed by atoms with Crippen molar-refractivity contribution >= 4 is 17.7 Å². The van der Waals surface area contributed by atoms with E-state index in [9.17, 15) is 5.11 Å². The lowest BCUT2D eigenvalue weighted by Gasteiger charge is -2.29. The van der Waals surface area contributed by atoms with E-state index in [1.807, 2.05) is 44.2 Å². The minimum absolute atomic E-state index is 0.0980. The van der Waals surface area contributed by atoms with Crippen molar-refractivity contribution in [2.45, 2.75) is 19.4 Å². The molecule has 0 amide bonds. The number of hydrogen-bond acceptors (Lipinski definition) is 4. The van der Waals surface area contributed by atoms with Crippen LogP contribution in [0.4, 0.5) is 0 Å². The van der Waals surface area contributed by atoms with Gasteiger partial charge in [-0.15, -0.1) is 0 Å². The summed E-state index contributed by atoms with van der Waals surface area (Å²) in [5.41, 5.74) is 2.33. The Morgan fingerprint density at radius 2 is 1.84 bits per heavy atom. The summed E-state index contributed by atoms with van der Waals surface area (Å²) in [6.45, 7) is 3.92. The molecule has 0 saturated carbocycles. The summed E-state index contributed by atoms with van der Waals surface area (Å²) in [4.78, 5) is 0. The van der Waals surface area contributed by atoms with Crippen LogP contribution in [0.1, 0.15) is 19.4 Å². The summed E-state index contributed by atoms with van der Waals surface area (Å²) in [7, 11) is 0. The highest BCUT2D eigenvalue weighted by atomic mass is 35.5. The van der Waals surface area contributed by atoms with Crippen molar-refractivity contribution in [2.24, 2.45) is 0 Å². The third-order valence-corrected chi connectivity index (χ3v) is 4.34. The molecule has 5 heteroatoms. The number of aromatic nitrogens is 1. The van der Waals surface area contributed by atoms with E-state index < -0.39 is 5.60 Å². The zero-order valence-corrected chi connectivity index (χ0v) is 14.5. The van der Waals surface area contributed by atoms with Crippen molar-refractivity contribution in [3.8, 4) is 34.1 Å². The van der Waals surface area contributed by atoms with Crippen molar-refractivity contribution in [3.05, 3.63) is 59.1 Å². The highest BCUT2D eigenvalue weighted by Gasteiger charge is 2.27. The van der Waals surface area contributed by atoms with Crippen LogP contribution in [0.5, 0.6) is 11.5 Å². The van der Waals surface area contributed by atoms with Crippen molar-refractivity contribution in [2.75, 3.05) is 0 Å². The fraction of sp³-hybridized carbons (Fsp3) is 0.150. The number of benzene rings is 2. The van der Waals surface area contributed by atoms with Gasteiger partial charge in [-0.05, 0) is 56.3 Å². The molecule has 126 valence electrons. The van der Waals surface area contributed by atoms with Gasteiger partial charge >= 0.3 is 0 Å². The van der Waals surface area contributed by atoms with E-state index in [0.717, 1.165) is 11.1 Å². The number of phenols is 1. The second kappa shape index (κ2) is 5.67. The number of halogens is 1. The smallest absolute Gasteiger partial charge is 0.167 e. The third kappa shape index (κ3) is 2.89. The lowest BCUT2D eigenvalue weighted by atomic mass is 9.97. The first-order valence-corrected chi connectivity index (χ1v) is 8.28. The van der Waals surface area contributed by atoms with Gasteiger partial charge in [-0.1, -0.05) is 22.8 Å². The Morgan fingerprint density at radius 1 is 1.08 bits per heavy atom. The van der Waals surface area contributed by atoms with Gasteiger partial charge in [0.15, 0.2) is 5.76 Å². The van der Waals surface area contributed by atoms with Crippen molar-refractivity contribution < 1.29 is 14.4 Å². The Hall–Kier alpha value is -2.72. The Morgan fingerprint density at radius 3 is 2.60 bits per heavy atom. The number of phenolic OH excluding ortho intramolecular Hbond substituents is 1. The topological polar surface area (TPSA) is 55.5 Å². The second-order valence-corrected chi connectivity index (χ2v) is 6.94. The second-order valence-electron chi connectivity index (χ2n) is 6.50. The molecule has 2 heterocycles. The molecule has 0 atom stereocenters. The van der Waals surface area contributed by atoms with Gasteiger partial charge < -0.3 is 14.4 Å². The molecular weight excluding hydrogens is 338 g/mol. The Labute approximate surface area is 150 Å². The van der Waals surface area contributed by atoms with E-state index in [1.165, 1.54) is 0 Å². The normalized spacial score (nSPS) is 14.8. The first kappa shape index (κ1) is 15.8. The Kier molecular flexibility index (Phi) is 3.58. The van der Waals surface area contributed by atoms with Gasteiger partial charge in [0.2, 0.25) is 0 Å². The summed E-state index contributed by atoms with van der Waals surface area (Å²) >= 11 is 5.92. The van der Waals surface area contributed by atoms with Crippen LogP contribution < -0.4 is 4.74 Å². The highest BCUT2D eigenvalue weighted by molar-refractivity contribution is 6.30. The maximum Gasteiger partial charge on any atom is 0.167 e. The first-order chi connectivity index (χ1) is 11.9. The molecule has 0 aliphatic carbocycles. The number of rotatable bonds is 2. The quantitative estimate of drug-likeness (QED) is 0.656. The Bertz CT molecular complexity index is 971. The molecule has 3 aromatic rings. The third-order valence-electron chi connectivity index (χ3n) is 4.09. The molecule has 1 aromatic heterocycles. The molecule has 4 nitrogen and oxygen atoms in total. The fourth-order valence-corrected chi connectivity index (χ4v) is 2.93. The van der Waals surface area contributed by atoms with Crippen LogP contribution in [0.2, 0.25) is 5.02 Å². The van der Waals surface area contributed by atoms with Crippen LogP contribution in [0, 0.1) is 0 Å². The van der Waals surface area contributed by atoms with Crippen molar-refractivity contribution in [3.63, 3.8) is 0 Å². The average molecular weight is 354 g/mol. The van der Waals surface area contributed by atoms with Crippen LogP contribution in [0.3, 0.4) is 0 Å². The van der Waals surface area contributed by atoms with E-state index in [1.54, 1.807) is 24.3 Å². The minimum Gasteiger partial charge on any atom is -0.507 e. The van der Waals surface area contributed by atoms with E-state index in [0.29, 0.717) is 27.8 Å². The molecule has 2 aromatic carbocycles. The zero-order chi connectivity index (χ0) is 17.6. The van der Waals surface area contributed by atoms with Crippen LogP contribution in [0.15, 0.2) is 53.1 Å². The van der Waals surface area contributed by atoms with Crippen LogP contribution in [-0.4, -0.2) is 15.9 Å². The predicted octanol–water partition coefficient (Wildman–Crippen LogP) is 5.55. The maximum atomic E-state index is 10.4. The molecule has 1 aliphatic rings. The number of fused-ring (bicyclic) bond motifs is 1. The number of hydrogen-bond donors (Lipinski definition) is 1. The summed E-state index contributed by atoms with van der Waals surface area (Å²) in [5, 5.41) is 15.2. The highest BCUT2D eigenvalue weighted by Crippen LogP contribution is 2.44. The van der Waals surface area contributed by atoms with Gasteiger partial charge in [-0.25, -0.2) is 0 Å². The van der Waals surface area contributed by atoms with Gasteiger partial charge in [-0.2, -0.15) is 0 Å². The van der Waals surface area contributed by atoms with Gasteiger partial charge in [0.05, 0.1) is 5.56 Å². The molecule has 1 N–H and O–H groups in total. The molecule has 0 radical (unpaired) electrons. The lowest BCUT2D eigenvalue weighted by Crippen LogP contribution is -2.27. The van der Waals surface area contributed by atoms with Crippen LogP contribution in [-0.2, 0) is 0 Å². The Balaban J connectivity index is 1.81. The van der Waals surface area contributed by atoms with Gasteiger partial charge in [0.25, 0.3) is 0 Å². The predicted molar refractivity (Wildman–Crippen MR) is 97.8 cm³/mol. The summed E-state index contributed by atoms with van der Waals surface area (Å²) < 4.78 is 11.5. The SMILES string of the molecule is CC1(C)C=Cc2ccc(O)c(-c3cc(-c4ccc(Cl)cc4)on3)c2O1. The van der Waals surface area contributed by atoms with Crippen molar-refractivity contribution in [1.82, 2.24) is 5.16 Å². The molecule has 1 aliphatic heterocycles. The van der Waals surface area contributed by atoms with E-state index in [4.69, 9.17) is 20.9 Å². The van der Waals surface area contributed by atoms with Gasteiger partial charge in [0, 0.05) is 22.2 Å². The maximum absolute atomic E-state index is 10.4. The molecule has 4 rings (SSSR count). The first-order valence-electron chi connectivity index (χ1n) is 7.90. The summed E-state index contributed by atoms with van der Waals surface area (Å²) in [6.07, 6.45) is 3.97. The van der Waals surface area contributed by atoms with E-state index in [2.05, 4.69) is 5.16 Å². The van der Waals surface area contributed by atoms with Crippen LogP contribution >= 0.6 is 11.6 Å². The lowest BCUT2D eigenvalue weighted by molar-refractivity contribution is 0.159. The van der Waals surface area contributed by atoms with Gasteiger partial charge in [-0.3, -0.25) is 0 Å². The summed E-state index contributed by atoms with van der Waals surface area (Å²) in [5.74, 6) is 1.29. The molecule has 25 heavy (non-hydrogen) atoms. The van der Waals surface area contributed by atoms with Crippen molar-refractivity contribution in [1.29, 1.82) is 0 Å². The average Bonchev–Trinajstić information content (AvgIpc) is 3.04. The molecule has 0 unspecified atom stereocenters. The minimum atomic E-state index is -0.460. The van der Waals surface area contributed by atoms with E-state index in [-0.39, 0.29) is 5.75 Å². The largest absolute Gasteiger partial charge is 0.507 e. The van der Waals surface area contributed by atoms with Gasteiger partial charge in [0.1, 0.15) is 22.8 Å². The van der Waals surface area contributed by atoms with E-state index >= 15 is 0 Å². The number of aromatic hydroxyl groups is 1. The fourth-order valence-electron chi connectivity index (χ4n) is 2.81. The summed E-state index contributed by atoms with van der Waals surface area (Å²) in [6, 6.07) is 12.5. The molecular formula is C20H16ClNO3. The monoisotopic (exact) mass is 353 g/mol. The van der Waals surface area contributed by atoms with Crippen LogP contribution in [0.25, 0.3) is 28.7 Å². The molecule has 0 saturated heterocycles. The molecule has 0 bridgehead atoms. The molecule has 0 spiro atoms. The number of nitrogens with zero attached hydrogens (tertiary/aromatic N) is 1. The number of ether oxygens (including phenoxy) is 1. The standard InChI is InChI=1S/C20H16ClNO3/c1-20(2)10-9-13-5-8-16(23)18(19(13)24-20)15-11-17(25-22-15)12-3-6-14(21)7-4-12/h3-11,23H,1-2H3. The zero-order valence-electron chi connectivity index (χ0n) is 13.8.